The monoisotopic (exact) mass is 554 g/mol. The lowest BCUT2D eigenvalue weighted by Crippen LogP contribution is -2.36. The Morgan fingerprint density at radius 2 is 1.25 bits per heavy atom. The van der Waals surface area contributed by atoms with Crippen molar-refractivity contribution in [2.24, 2.45) is 47.3 Å². The smallest absolute Gasteiger partial charge is 0.200 e. The van der Waals surface area contributed by atoms with Crippen molar-refractivity contribution in [3.63, 3.8) is 0 Å². The summed E-state index contributed by atoms with van der Waals surface area (Å²) in [4.78, 5) is 0. The molecule has 0 saturated heterocycles. The molecule has 1 nitrogen and oxygen atoms in total. The highest BCUT2D eigenvalue weighted by Crippen LogP contribution is 2.50. The maximum absolute atomic E-state index is 14.7. The van der Waals surface area contributed by atoms with E-state index in [0.717, 1.165) is 47.8 Å². The summed E-state index contributed by atoms with van der Waals surface area (Å²) in [6.45, 7) is 4.81. The number of aryl methyl sites for hydroxylation is 1. The van der Waals surface area contributed by atoms with Crippen LogP contribution in [0.3, 0.4) is 0 Å². The lowest BCUT2D eigenvalue weighted by Gasteiger charge is -2.46. The lowest BCUT2D eigenvalue weighted by molar-refractivity contribution is 0.0419. The van der Waals surface area contributed by atoms with Gasteiger partial charge in [0.1, 0.15) is 0 Å². The molecule has 3 heteroatoms. The van der Waals surface area contributed by atoms with Gasteiger partial charge in [0.15, 0.2) is 11.6 Å². The molecule has 0 N–H and O–H groups in total. The number of fused-ring (bicyclic) bond motifs is 1. The fourth-order valence-electron chi connectivity index (χ4n) is 9.54. The first-order valence-electron chi connectivity index (χ1n) is 17.3. The first-order chi connectivity index (χ1) is 19.6. The molecule has 0 bridgehead atoms. The summed E-state index contributed by atoms with van der Waals surface area (Å²) in [5.74, 6) is 5.72. The predicted molar refractivity (Wildman–Crippen MR) is 162 cm³/mol. The van der Waals surface area contributed by atoms with Crippen molar-refractivity contribution in [2.45, 2.75) is 129 Å². The van der Waals surface area contributed by atoms with Crippen LogP contribution in [-0.2, 0) is 6.42 Å². The van der Waals surface area contributed by atoms with E-state index in [2.05, 4.69) is 6.92 Å². The molecule has 224 valence electrons. The second-order valence-electron chi connectivity index (χ2n) is 14.3. The van der Waals surface area contributed by atoms with E-state index in [1.807, 2.05) is 19.1 Å². The summed E-state index contributed by atoms with van der Waals surface area (Å²) < 4.78 is 35.1. The summed E-state index contributed by atoms with van der Waals surface area (Å²) >= 11 is 0. The zero-order valence-electron chi connectivity index (χ0n) is 25.5. The quantitative estimate of drug-likeness (QED) is 0.261. The van der Waals surface area contributed by atoms with Gasteiger partial charge in [-0.3, -0.25) is 0 Å². The summed E-state index contributed by atoms with van der Waals surface area (Å²) in [5.41, 5.74) is 0.434. The molecule has 0 amide bonds. The zero-order chi connectivity index (χ0) is 27.9. The summed E-state index contributed by atoms with van der Waals surface area (Å²) in [7, 11) is 0. The van der Waals surface area contributed by atoms with Gasteiger partial charge >= 0.3 is 0 Å². The topological polar surface area (TPSA) is 9.23 Å². The van der Waals surface area contributed by atoms with Crippen molar-refractivity contribution in [2.75, 3.05) is 6.61 Å². The van der Waals surface area contributed by atoms with Crippen LogP contribution in [0, 0.1) is 59.0 Å². The average molecular weight is 555 g/mol. The first kappa shape index (κ1) is 30.1. The van der Waals surface area contributed by atoms with Crippen molar-refractivity contribution in [1.82, 2.24) is 0 Å². The SMILES string of the molecule is CC=CCCc1ccc(OCC2CCC3CC(C4CCC(C5CCC(CCC)CC5)CC4)CCC3C2)c(F)c1F. The summed E-state index contributed by atoms with van der Waals surface area (Å²) in [6.07, 6.45) is 27.9. The Morgan fingerprint density at radius 3 is 1.93 bits per heavy atom. The number of ether oxygens (including phenoxy) is 1. The molecule has 0 spiro atoms. The predicted octanol–water partition coefficient (Wildman–Crippen LogP) is 11.1. The van der Waals surface area contributed by atoms with Crippen LogP contribution in [0.5, 0.6) is 5.75 Å². The highest BCUT2D eigenvalue weighted by Gasteiger charge is 2.40. The van der Waals surface area contributed by atoms with Gasteiger partial charge in [-0.25, -0.2) is 4.39 Å². The van der Waals surface area contributed by atoms with E-state index in [1.165, 1.54) is 103 Å². The Kier molecular flexibility index (Phi) is 11.0. The summed E-state index contributed by atoms with van der Waals surface area (Å²) in [6, 6.07) is 3.33. The maximum Gasteiger partial charge on any atom is 0.200 e. The Bertz CT molecular complexity index is 940. The van der Waals surface area contributed by atoms with Crippen molar-refractivity contribution >= 4 is 0 Å². The number of hydrogen-bond acceptors (Lipinski definition) is 1. The fraction of sp³-hybridized carbons (Fsp3) is 0.784. The second-order valence-corrected chi connectivity index (χ2v) is 14.3. The van der Waals surface area contributed by atoms with E-state index >= 15 is 0 Å². The normalized spacial score (nSPS) is 35.0. The van der Waals surface area contributed by atoms with E-state index in [4.69, 9.17) is 4.74 Å². The van der Waals surface area contributed by atoms with E-state index in [-0.39, 0.29) is 5.75 Å². The molecule has 4 fully saturated rings. The Hall–Kier alpha value is -1.38. The van der Waals surface area contributed by atoms with Crippen LogP contribution in [0.1, 0.15) is 129 Å². The largest absolute Gasteiger partial charge is 0.490 e. The van der Waals surface area contributed by atoms with Crippen LogP contribution in [0.2, 0.25) is 0 Å². The highest BCUT2D eigenvalue weighted by molar-refractivity contribution is 5.31. The van der Waals surface area contributed by atoms with Crippen LogP contribution in [0.15, 0.2) is 24.3 Å². The molecule has 1 aromatic rings. The second kappa shape index (κ2) is 14.7. The molecule has 4 aliphatic rings. The molecule has 5 rings (SSSR count). The molecule has 0 heterocycles. The fourth-order valence-corrected chi connectivity index (χ4v) is 9.54. The van der Waals surface area contributed by atoms with Crippen LogP contribution in [0.25, 0.3) is 0 Å². The molecule has 0 aliphatic heterocycles. The molecule has 1 aromatic carbocycles. The molecule has 4 unspecified atom stereocenters. The molecule has 4 aliphatic carbocycles. The Labute approximate surface area is 243 Å². The van der Waals surface area contributed by atoms with Crippen LogP contribution in [-0.4, -0.2) is 6.61 Å². The van der Waals surface area contributed by atoms with Gasteiger partial charge in [-0.1, -0.05) is 50.8 Å². The van der Waals surface area contributed by atoms with Crippen LogP contribution < -0.4 is 4.74 Å². The molecular weight excluding hydrogens is 498 g/mol. The van der Waals surface area contributed by atoms with Crippen molar-refractivity contribution < 1.29 is 13.5 Å². The third-order valence-corrected chi connectivity index (χ3v) is 11.9. The molecule has 4 saturated carbocycles. The van der Waals surface area contributed by atoms with Gasteiger partial charge in [0.25, 0.3) is 0 Å². The standard InChI is InChI=1S/C37H56F2O/c1-3-5-6-8-31-21-22-35(37(39)36(31)38)40-25-27-11-14-34-24-33(20-19-32(34)23-27)30-17-15-29(16-18-30)28-12-9-26(7-4-2)10-13-28/h3,5,21-22,26-30,32-34H,4,6-20,23-25H2,1-2H3. The van der Waals surface area contributed by atoms with Crippen molar-refractivity contribution in [1.29, 1.82) is 0 Å². The number of benzene rings is 1. The number of allylic oxidation sites excluding steroid dienone is 2. The number of hydrogen-bond donors (Lipinski definition) is 0. The lowest BCUT2D eigenvalue weighted by atomic mass is 9.60. The van der Waals surface area contributed by atoms with Crippen LogP contribution >= 0.6 is 0 Å². The first-order valence-corrected chi connectivity index (χ1v) is 17.3. The number of halogens is 2. The van der Waals surface area contributed by atoms with Gasteiger partial charge in [-0.15, -0.1) is 0 Å². The zero-order valence-corrected chi connectivity index (χ0v) is 25.5. The Balaban J connectivity index is 1.03. The third kappa shape index (κ3) is 7.52. The highest BCUT2D eigenvalue weighted by atomic mass is 19.2. The van der Waals surface area contributed by atoms with Gasteiger partial charge in [-0.2, -0.15) is 4.39 Å². The maximum atomic E-state index is 14.7. The average Bonchev–Trinajstić information content (AvgIpc) is 2.99. The van der Waals surface area contributed by atoms with Gasteiger partial charge in [0.05, 0.1) is 6.61 Å². The van der Waals surface area contributed by atoms with E-state index in [0.29, 0.717) is 24.5 Å². The van der Waals surface area contributed by atoms with Gasteiger partial charge in [0.2, 0.25) is 5.82 Å². The Morgan fingerprint density at radius 1 is 0.700 bits per heavy atom. The van der Waals surface area contributed by atoms with Gasteiger partial charge in [-0.05, 0) is 156 Å². The van der Waals surface area contributed by atoms with E-state index < -0.39 is 11.6 Å². The molecular formula is C37H56F2O. The summed E-state index contributed by atoms with van der Waals surface area (Å²) in [5, 5.41) is 0. The minimum Gasteiger partial charge on any atom is -0.490 e. The van der Waals surface area contributed by atoms with E-state index in [9.17, 15) is 8.78 Å². The van der Waals surface area contributed by atoms with Gasteiger partial charge < -0.3 is 4.74 Å². The molecule has 0 radical (unpaired) electrons. The van der Waals surface area contributed by atoms with E-state index in [1.54, 1.807) is 12.1 Å². The van der Waals surface area contributed by atoms with Crippen molar-refractivity contribution in [3.05, 3.63) is 41.5 Å². The molecule has 0 aromatic heterocycles. The van der Waals surface area contributed by atoms with Crippen molar-refractivity contribution in [3.8, 4) is 5.75 Å². The minimum atomic E-state index is -0.814. The van der Waals surface area contributed by atoms with Gasteiger partial charge in [0, 0.05) is 0 Å². The third-order valence-electron chi connectivity index (χ3n) is 11.9. The van der Waals surface area contributed by atoms with Crippen LogP contribution in [0.4, 0.5) is 8.78 Å². The number of rotatable bonds is 10. The molecule has 40 heavy (non-hydrogen) atoms. The minimum absolute atomic E-state index is 0.0859. The molecule has 4 atom stereocenters.